The lowest BCUT2D eigenvalue weighted by atomic mass is 10.2. The van der Waals surface area contributed by atoms with Gasteiger partial charge in [0.1, 0.15) is 11.6 Å². The third-order valence-electron chi connectivity index (χ3n) is 3.64. The monoisotopic (exact) mass is 416 g/mol. The largest absolute Gasteiger partial charge is 0.508 e. The third-order valence-corrected chi connectivity index (χ3v) is 4.10. The molecule has 2 aromatic heterocycles. The van der Waals surface area contributed by atoms with Crippen LogP contribution in [-0.4, -0.2) is 34.3 Å². The van der Waals surface area contributed by atoms with Crippen molar-refractivity contribution >= 4 is 27.7 Å². The Labute approximate surface area is 159 Å². The number of phenolic OH excluding ortho intramolecular Hbond substituents is 1. The average molecular weight is 417 g/mol. The fourth-order valence-electron chi connectivity index (χ4n) is 2.32. The Morgan fingerprint density at radius 1 is 1.04 bits per heavy atom. The summed E-state index contributed by atoms with van der Waals surface area (Å²) in [6.45, 7) is 0.317. The molecule has 0 saturated heterocycles. The number of pyridine rings is 1. The fraction of sp³-hybridized carbons (Fsp3) is 0.167. The number of halogens is 1. The standard InChI is InChI=1S/C18H17BrN4O3/c1-25-16-9-17(26-2)22-18(21-16)23(15-8-7-13(19)10-20-15)11-12-5-3-4-6-14(12)24/h3-10,24H,11H2,1-2H3. The summed E-state index contributed by atoms with van der Waals surface area (Å²) in [6.07, 6.45) is 1.69. The zero-order valence-corrected chi connectivity index (χ0v) is 15.8. The Kier molecular flexibility index (Phi) is 5.52. The van der Waals surface area contributed by atoms with Gasteiger partial charge in [-0.25, -0.2) is 4.98 Å². The lowest BCUT2D eigenvalue weighted by molar-refractivity contribution is 0.372. The summed E-state index contributed by atoms with van der Waals surface area (Å²) in [6, 6.07) is 12.4. The van der Waals surface area contributed by atoms with E-state index in [9.17, 15) is 5.11 Å². The maximum atomic E-state index is 10.2. The van der Waals surface area contributed by atoms with Gasteiger partial charge in [-0.15, -0.1) is 0 Å². The highest BCUT2D eigenvalue weighted by Gasteiger charge is 2.18. The minimum Gasteiger partial charge on any atom is -0.508 e. The molecule has 8 heteroatoms. The number of hydrogen-bond acceptors (Lipinski definition) is 7. The predicted molar refractivity (Wildman–Crippen MR) is 101 cm³/mol. The molecule has 0 amide bonds. The molecular weight excluding hydrogens is 400 g/mol. The number of ether oxygens (including phenoxy) is 2. The molecule has 0 bridgehead atoms. The van der Waals surface area contributed by atoms with Gasteiger partial charge >= 0.3 is 0 Å². The highest BCUT2D eigenvalue weighted by molar-refractivity contribution is 9.10. The van der Waals surface area contributed by atoms with E-state index in [-0.39, 0.29) is 5.75 Å². The second-order valence-electron chi connectivity index (χ2n) is 5.30. The van der Waals surface area contributed by atoms with Gasteiger partial charge in [-0.1, -0.05) is 18.2 Å². The van der Waals surface area contributed by atoms with E-state index in [1.165, 1.54) is 14.2 Å². The SMILES string of the molecule is COc1cc(OC)nc(N(Cc2ccccc2O)c2ccc(Br)cn2)n1. The maximum Gasteiger partial charge on any atom is 0.238 e. The number of benzene rings is 1. The Morgan fingerprint density at radius 2 is 1.73 bits per heavy atom. The number of methoxy groups -OCH3 is 2. The highest BCUT2D eigenvalue weighted by atomic mass is 79.9. The highest BCUT2D eigenvalue weighted by Crippen LogP contribution is 2.29. The number of phenols is 1. The summed E-state index contributed by atoms with van der Waals surface area (Å²) in [5, 5.41) is 10.2. The molecule has 0 aliphatic heterocycles. The van der Waals surface area contributed by atoms with Crippen LogP contribution >= 0.6 is 15.9 Å². The molecule has 26 heavy (non-hydrogen) atoms. The summed E-state index contributed by atoms with van der Waals surface area (Å²) < 4.78 is 11.3. The summed E-state index contributed by atoms with van der Waals surface area (Å²) in [4.78, 5) is 15.0. The van der Waals surface area contributed by atoms with Crippen LogP contribution in [0, 0.1) is 0 Å². The molecule has 3 rings (SSSR count). The van der Waals surface area contributed by atoms with E-state index in [4.69, 9.17) is 9.47 Å². The van der Waals surface area contributed by atoms with Crippen LogP contribution in [-0.2, 0) is 6.54 Å². The minimum absolute atomic E-state index is 0.185. The number of hydrogen-bond donors (Lipinski definition) is 1. The molecule has 1 aromatic carbocycles. The number of aromatic hydroxyl groups is 1. The molecule has 0 radical (unpaired) electrons. The van der Waals surface area contributed by atoms with Crippen molar-refractivity contribution in [3.05, 3.63) is 58.7 Å². The maximum absolute atomic E-state index is 10.2. The summed E-state index contributed by atoms with van der Waals surface area (Å²) in [7, 11) is 3.05. The average Bonchev–Trinajstić information content (AvgIpc) is 2.67. The van der Waals surface area contributed by atoms with Gasteiger partial charge in [0.15, 0.2) is 0 Å². The van der Waals surface area contributed by atoms with E-state index in [1.807, 2.05) is 24.3 Å². The summed E-state index contributed by atoms with van der Waals surface area (Å²) in [5.41, 5.74) is 0.711. The molecule has 0 spiro atoms. The molecule has 0 unspecified atom stereocenters. The van der Waals surface area contributed by atoms with Crippen LogP contribution in [0.2, 0.25) is 0 Å². The van der Waals surface area contributed by atoms with Crippen molar-refractivity contribution in [2.75, 3.05) is 19.1 Å². The van der Waals surface area contributed by atoms with Crippen LogP contribution in [0.1, 0.15) is 5.56 Å². The number of para-hydroxylation sites is 1. The van der Waals surface area contributed by atoms with Gasteiger partial charge in [0.25, 0.3) is 0 Å². The second kappa shape index (κ2) is 8.01. The molecule has 0 aliphatic rings. The molecule has 0 aliphatic carbocycles. The van der Waals surface area contributed by atoms with E-state index < -0.39 is 0 Å². The van der Waals surface area contributed by atoms with E-state index in [1.54, 1.807) is 29.3 Å². The zero-order chi connectivity index (χ0) is 18.5. The van der Waals surface area contributed by atoms with Gasteiger partial charge in [-0.2, -0.15) is 9.97 Å². The van der Waals surface area contributed by atoms with Crippen LogP contribution in [0.25, 0.3) is 0 Å². The molecule has 1 N–H and O–H groups in total. The first-order valence-electron chi connectivity index (χ1n) is 7.73. The molecular formula is C18H17BrN4O3. The van der Waals surface area contributed by atoms with Crippen molar-refractivity contribution in [2.45, 2.75) is 6.54 Å². The smallest absolute Gasteiger partial charge is 0.238 e. The lowest BCUT2D eigenvalue weighted by Gasteiger charge is -2.23. The first kappa shape index (κ1) is 17.9. The minimum atomic E-state index is 0.185. The first-order chi connectivity index (χ1) is 12.6. The van der Waals surface area contributed by atoms with Crippen molar-refractivity contribution in [3.8, 4) is 17.5 Å². The first-order valence-corrected chi connectivity index (χ1v) is 8.53. The number of nitrogens with zero attached hydrogens (tertiary/aromatic N) is 4. The predicted octanol–water partition coefficient (Wildman–Crippen LogP) is 3.70. The van der Waals surface area contributed by atoms with Crippen molar-refractivity contribution in [3.63, 3.8) is 0 Å². The quantitative estimate of drug-likeness (QED) is 0.655. The number of rotatable bonds is 6. The molecule has 2 heterocycles. The van der Waals surface area contributed by atoms with Crippen molar-refractivity contribution < 1.29 is 14.6 Å². The molecule has 134 valence electrons. The van der Waals surface area contributed by atoms with Crippen LogP contribution in [0.15, 0.2) is 53.1 Å². The van der Waals surface area contributed by atoms with E-state index in [0.717, 1.165) is 4.47 Å². The van der Waals surface area contributed by atoms with Gasteiger partial charge in [0.2, 0.25) is 17.7 Å². The van der Waals surface area contributed by atoms with Crippen LogP contribution in [0.3, 0.4) is 0 Å². The van der Waals surface area contributed by atoms with Crippen LogP contribution in [0.5, 0.6) is 17.5 Å². The van der Waals surface area contributed by atoms with Crippen molar-refractivity contribution in [2.24, 2.45) is 0 Å². The Hall–Kier alpha value is -2.87. The summed E-state index contributed by atoms with van der Waals surface area (Å²) >= 11 is 3.38. The lowest BCUT2D eigenvalue weighted by Crippen LogP contribution is -2.20. The third kappa shape index (κ3) is 4.02. The molecule has 0 saturated carbocycles. The zero-order valence-electron chi connectivity index (χ0n) is 14.3. The van der Waals surface area contributed by atoms with Gasteiger partial charge in [-0.05, 0) is 34.1 Å². The van der Waals surface area contributed by atoms with E-state index in [2.05, 4.69) is 30.9 Å². The molecule has 0 fully saturated rings. The van der Waals surface area contributed by atoms with E-state index in [0.29, 0.717) is 35.6 Å². The van der Waals surface area contributed by atoms with E-state index >= 15 is 0 Å². The number of aromatic nitrogens is 3. The summed E-state index contributed by atoms with van der Waals surface area (Å²) in [5.74, 6) is 1.88. The van der Waals surface area contributed by atoms with Crippen molar-refractivity contribution in [1.82, 2.24) is 15.0 Å². The molecule has 7 nitrogen and oxygen atoms in total. The van der Waals surface area contributed by atoms with Crippen molar-refractivity contribution in [1.29, 1.82) is 0 Å². The normalized spacial score (nSPS) is 10.4. The van der Waals surface area contributed by atoms with Crippen LogP contribution in [0.4, 0.5) is 11.8 Å². The van der Waals surface area contributed by atoms with Gasteiger partial charge < -0.3 is 14.6 Å². The molecule has 3 aromatic rings. The topological polar surface area (TPSA) is 80.6 Å². The fourth-order valence-corrected chi connectivity index (χ4v) is 2.55. The second-order valence-corrected chi connectivity index (χ2v) is 6.22. The van der Waals surface area contributed by atoms with Gasteiger partial charge in [-0.3, -0.25) is 4.90 Å². The van der Waals surface area contributed by atoms with Gasteiger partial charge in [0, 0.05) is 16.2 Å². The van der Waals surface area contributed by atoms with Crippen LogP contribution < -0.4 is 14.4 Å². The van der Waals surface area contributed by atoms with Gasteiger partial charge in [0.05, 0.1) is 26.8 Å². The number of anilines is 2. The Balaban J connectivity index is 2.08. The Bertz CT molecular complexity index is 868. The molecule has 0 atom stereocenters. The Morgan fingerprint density at radius 3 is 2.31 bits per heavy atom.